The standard InChI is InChI=1S/C24H30N2O6S/c27-24(25-12-5-13-30-20-8-2-1-3-9-20)18-6-4-7-19(16-18)26-33(28,29)21-10-11-22-23(17-21)32-15-14-31-22/h4,6-7,10-11,16-17,20,26H,1-3,5,8-9,12-15H2,(H,25,27). The van der Waals surface area contributed by atoms with Gasteiger partial charge in [0.2, 0.25) is 0 Å². The van der Waals surface area contributed by atoms with Crippen LogP contribution in [0.3, 0.4) is 0 Å². The summed E-state index contributed by atoms with van der Waals surface area (Å²) in [6.45, 7) is 1.92. The zero-order chi connectivity index (χ0) is 23.1. The van der Waals surface area contributed by atoms with E-state index in [1.807, 2.05) is 0 Å². The highest BCUT2D eigenvalue weighted by Gasteiger charge is 2.20. The van der Waals surface area contributed by atoms with Crippen molar-refractivity contribution in [3.63, 3.8) is 0 Å². The van der Waals surface area contributed by atoms with Gasteiger partial charge in [-0.3, -0.25) is 9.52 Å². The summed E-state index contributed by atoms with van der Waals surface area (Å²) in [4.78, 5) is 12.6. The van der Waals surface area contributed by atoms with Crippen molar-refractivity contribution in [3.8, 4) is 11.5 Å². The van der Waals surface area contributed by atoms with Crippen LogP contribution in [0.1, 0.15) is 48.9 Å². The molecule has 8 nitrogen and oxygen atoms in total. The first kappa shape index (κ1) is 23.4. The Balaban J connectivity index is 1.30. The van der Waals surface area contributed by atoms with Gasteiger partial charge in [-0.15, -0.1) is 0 Å². The number of fused-ring (bicyclic) bond motifs is 1. The van der Waals surface area contributed by atoms with E-state index in [1.165, 1.54) is 37.5 Å². The fourth-order valence-corrected chi connectivity index (χ4v) is 5.05. The molecule has 4 rings (SSSR count). The van der Waals surface area contributed by atoms with Crippen molar-refractivity contribution in [2.75, 3.05) is 31.1 Å². The molecule has 1 amide bonds. The van der Waals surface area contributed by atoms with Crippen LogP contribution in [0.2, 0.25) is 0 Å². The van der Waals surface area contributed by atoms with Gasteiger partial charge in [0.15, 0.2) is 11.5 Å². The van der Waals surface area contributed by atoms with E-state index in [1.54, 1.807) is 24.3 Å². The first-order valence-electron chi connectivity index (χ1n) is 11.4. The lowest BCUT2D eigenvalue weighted by atomic mass is 9.98. The Labute approximate surface area is 194 Å². The zero-order valence-electron chi connectivity index (χ0n) is 18.5. The lowest BCUT2D eigenvalue weighted by molar-refractivity contribution is 0.0273. The number of anilines is 1. The van der Waals surface area contributed by atoms with Gasteiger partial charge in [-0.1, -0.05) is 25.3 Å². The molecular weight excluding hydrogens is 444 g/mol. The van der Waals surface area contributed by atoms with Crippen LogP contribution in [0.15, 0.2) is 47.4 Å². The van der Waals surface area contributed by atoms with Crippen molar-refractivity contribution in [3.05, 3.63) is 48.0 Å². The van der Waals surface area contributed by atoms with Crippen molar-refractivity contribution in [1.82, 2.24) is 5.32 Å². The second kappa shape index (κ2) is 10.9. The van der Waals surface area contributed by atoms with E-state index in [9.17, 15) is 13.2 Å². The molecule has 33 heavy (non-hydrogen) atoms. The number of hydrogen-bond acceptors (Lipinski definition) is 6. The van der Waals surface area contributed by atoms with E-state index in [4.69, 9.17) is 14.2 Å². The van der Waals surface area contributed by atoms with Crippen LogP contribution in [-0.4, -0.2) is 46.8 Å². The SMILES string of the molecule is O=C(NCCCOC1CCCCC1)c1cccc(NS(=O)(=O)c2ccc3c(c2)OCCO3)c1. The molecule has 1 saturated carbocycles. The maximum atomic E-state index is 12.8. The molecule has 2 aromatic carbocycles. The molecule has 0 spiro atoms. The fraction of sp³-hybridized carbons (Fsp3) is 0.458. The average Bonchev–Trinajstić information content (AvgIpc) is 2.84. The van der Waals surface area contributed by atoms with Gasteiger partial charge in [-0.2, -0.15) is 0 Å². The van der Waals surface area contributed by atoms with E-state index in [0.29, 0.717) is 55.2 Å². The van der Waals surface area contributed by atoms with Gasteiger partial charge in [0.1, 0.15) is 13.2 Å². The van der Waals surface area contributed by atoms with Gasteiger partial charge >= 0.3 is 0 Å². The molecule has 0 atom stereocenters. The van der Waals surface area contributed by atoms with Crippen molar-refractivity contribution in [2.24, 2.45) is 0 Å². The van der Waals surface area contributed by atoms with Gasteiger partial charge in [-0.05, 0) is 49.6 Å². The lowest BCUT2D eigenvalue weighted by Crippen LogP contribution is -2.26. The van der Waals surface area contributed by atoms with Crippen molar-refractivity contribution in [2.45, 2.75) is 49.5 Å². The number of carbonyl (C=O) groups is 1. The van der Waals surface area contributed by atoms with Gasteiger partial charge in [-0.25, -0.2) is 8.42 Å². The Morgan fingerprint density at radius 1 is 1.00 bits per heavy atom. The van der Waals surface area contributed by atoms with Crippen molar-refractivity contribution < 1.29 is 27.4 Å². The molecule has 9 heteroatoms. The van der Waals surface area contributed by atoms with E-state index in [2.05, 4.69) is 10.0 Å². The van der Waals surface area contributed by atoms with E-state index >= 15 is 0 Å². The molecular formula is C24H30N2O6S. The monoisotopic (exact) mass is 474 g/mol. The van der Waals surface area contributed by atoms with Gasteiger partial charge in [0.25, 0.3) is 15.9 Å². The predicted octanol–water partition coefficient (Wildman–Crippen LogP) is 3.73. The topological polar surface area (TPSA) is 103 Å². The molecule has 0 unspecified atom stereocenters. The second-order valence-corrected chi connectivity index (χ2v) is 9.91. The third kappa shape index (κ3) is 6.39. The van der Waals surface area contributed by atoms with Crippen LogP contribution in [0.5, 0.6) is 11.5 Å². The number of ether oxygens (including phenoxy) is 3. The highest BCUT2D eigenvalue weighted by molar-refractivity contribution is 7.92. The molecule has 0 saturated heterocycles. The van der Waals surface area contributed by atoms with Crippen molar-refractivity contribution in [1.29, 1.82) is 0 Å². The Kier molecular flexibility index (Phi) is 7.72. The largest absolute Gasteiger partial charge is 0.486 e. The van der Waals surface area contributed by atoms with E-state index in [0.717, 1.165) is 19.3 Å². The van der Waals surface area contributed by atoms with Crippen molar-refractivity contribution >= 4 is 21.6 Å². The average molecular weight is 475 g/mol. The van der Waals surface area contributed by atoms with Crippen LogP contribution in [0, 0.1) is 0 Å². The van der Waals surface area contributed by atoms with Crippen LogP contribution in [0.4, 0.5) is 5.69 Å². The third-order valence-electron chi connectivity index (χ3n) is 5.71. The minimum atomic E-state index is -3.86. The first-order valence-corrected chi connectivity index (χ1v) is 12.9. The zero-order valence-corrected chi connectivity index (χ0v) is 19.4. The first-order chi connectivity index (χ1) is 16.0. The third-order valence-corrected chi connectivity index (χ3v) is 7.09. The number of carbonyl (C=O) groups excluding carboxylic acids is 1. The van der Waals surface area contributed by atoms with Gasteiger partial charge in [0.05, 0.1) is 11.0 Å². The second-order valence-electron chi connectivity index (χ2n) is 8.23. The maximum Gasteiger partial charge on any atom is 0.262 e. The van der Waals surface area contributed by atoms with Crippen LogP contribution < -0.4 is 19.5 Å². The summed E-state index contributed by atoms with van der Waals surface area (Å²) in [5.41, 5.74) is 0.684. The number of nitrogens with one attached hydrogen (secondary N) is 2. The molecule has 0 bridgehead atoms. The maximum absolute atomic E-state index is 12.8. The summed E-state index contributed by atoms with van der Waals surface area (Å²) < 4.78 is 45.0. The quantitative estimate of drug-likeness (QED) is 0.537. The molecule has 1 aliphatic carbocycles. The van der Waals surface area contributed by atoms with E-state index < -0.39 is 10.0 Å². The Morgan fingerprint density at radius 2 is 1.79 bits per heavy atom. The highest BCUT2D eigenvalue weighted by Crippen LogP contribution is 2.32. The Bertz CT molecular complexity index is 1070. The number of benzene rings is 2. The molecule has 2 aromatic rings. The minimum Gasteiger partial charge on any atom is -0.486 e. The summed E-state index contributed by atoms with van der Waals surface area (Å²) >= 11 is 0. The van der Waals surface area contributed by atoms with E-state index in [-0.39, 0.29) is 10.8 Å². The van der Waals surface area contributed by atoms with Gasteiger partial charge < -0.3 is 19.5 Å². The summed E-state index contributed by atoms with van der Waals surface area (Å²) in [6, 6.07) is 10.9. The Morgan fingerprint density at radius 3 is 2.61 bits per heavy atom. The normalized spacial score (nSPS) is 16.2. The molecule has 0 radical (unpaired) electrons. The molecule has 1 fully saturated rings. The lowest BCUT2D eigenvalue weighted by Gasteiger charge is -2.21. The number of sulfonamides is 1. The van der Waals surface area contributed by atoms with Gasteiger partial charge in [0, 0.05) is 30.5 Å². The summed E-state index contributed by atoms with van der Waals surface area (Å²) in [6.07, 6.45) is 7.10. The summed E-state index contributed by atoms with van der Waals surface area (Å²) in [5, 5.41) is 2.87. The summed E-state index contributed by atoms with van der Waals surface area (Å²) in [7, 11) is -3.86. The molecule has 2 N–H and O–H groups in total. The number of hydrogen-bond donors (Lipinski definition) is 2. The molecule has 0 aromatic heterocycles. The molecule has 178 valence electrons. The molecule has 1 heterocycles. The summed E-state index contributed by atoms with van der Waals surface area (Å²) in [5.74, 6) is 0.653. The highest BCUT2D eigenvalue weighted by atomic mass is 32.2. The number of rotatable bonds is 9. The van der Waals surface area contributed by atoms with Crippen LogP contribution in [0.25, 0.3) is 0 Å². The molecule has 1 aliphatic heterocycles. The minimum absolute atomic E-state index is 0.0552. The number of amides is 1. The van der Waals surface area contributed by atoms with Crippen LogP contribution in [-0.2, 0) is 14.8 Å². The molecule has 2 aliphatic rings. The fourth-order valence-electron chi connectivity index (χ4n) is 3.99. The Hall–Kier alpha value is -2.78. The predicted molar refractivity (Wildman–Crippen MR) is 124 cm³/mol. The smallest absolute Gasteiger partial charge is 0.262 e. The van der Waals surface area contributed by atoms with Crippen LogP contribution >= 0.6 is 0 Å².